The number of alkyl halides is 2. The van der Waals surface area contributed by atoms with Crippen molar-refractivity contribution in [3.8, 4) is 0 Å². The fourth-order valence-electron chi connectivity index (χ4n) is 3.40. The monoisotopic (exact) mass is 414 g/mol. The van der Waals surface area contributed by atoms with Gasteiger partial charge in [-0.15, -0.1) is 0 Å². The Labute approximate surface area is 165 Å². The molecule has 0 unspecified atom stereocenters. The Bertz CT molecular complexity index is 738. The molecule has 0 heterocycles. The van der Waals surface area contributed by atoms with Crippen LogP contribution in [0.15, 0.2) is 35.4 Å². The van der Waals surface area contributed by atoms with Gasteiger partial charge in [-0.2, -0.15) is 8.78 Å². The van der Waals surface area contributed by atoms with E-state index in [1.165, 1.54) is 13.8 Å². The number of rotatable bonds is 9. The highest BCUT2D eigenvalue weighted by molar-refractivity contribution is 7.55. The third-order valence-electron chi connectivity index (χ3n) is 4.86. The molecule has 1 saturated carbocycles. The highest BCUT2D eigenvalue weighted by atomic mass is 31.2. The third kappa shape index (κ3) is 5.37. The summed E-state index contributed by atoms with van der Waals surface area (Å²) in [7, 11) is -4.69. The molecule has 0 saturated heterocycles. The average molecular weight is 414 g/mol. The topological polar surface area (TPSA) is 52.6 Å². The van der Waals surface area contributed by atoms with Gasteiger partial charge in [0.05, 0.1) is 19.6 Å². The molecule has 0 amide bonds. The zero-order valence-electron chi connectivity index (χ0n) is 16.8. The third-order valence-corrected chi connectivity index (χ3v) is 7.02. The number of carbonyl (C=O) groups is 1. The minimum Gasteiger partial charge on any atom is -0.305 e. The molecule has 1 fully saturated rings. The van der Waals surface area contributed by atoms with E-state index >= 15 is 8.78 Å². The molecule has 0 bridgehead atoms. The Morgan fingerprint density at radius 3 is 2.07 bits per heavy atom. The molecule has 1 aliphatic carbocycles. The summed E-state index contributed by atoms with van der Waals surface area (Å²) in [5.74, 6) is -0.434. The summed E-state index contributed by atoms with van der Waals surface area (Å²) in [5.41, 5.74) is -1.66. The number of hydrogen-bond donors (Lipinski definition) is 0. The predicted octanol–water partition coefficient (Wildman–Crippen LogP) is 6.69. The first-order valence-electron chi connectivity index (χ1n) is 9.83. The van der Waals surface area contributed by atoms with Crippen molar-refractivity contribution >= 4 is 13.4 Å². The molecule has 7 heteroatoms. The molecule has 156 valence electrons. The summed E-state index contributed by atoms with van der Waals surface area (Å²) in [6.07, 6.45) is 3.02. The highest BCUT2D eigenvalue weighted by Gasteiger charge is 2.54. The van der Waals surface area contributed by atoms with Crippen LogP contribution in [-0.4, -0.2) is 24.7 Å². The SMILES string of the molecule is CCOP(=O)(OCC)C(F)(F)CC(C(=O)c1ccc(C)cc1)=C1CCCCC1. The number of carbonyl (C=O) groups excluding carboxylic acids is 1. The number of aryl methyl sites for hydroxylation is 1. The average Bonchev–Trinajstić information content (AvgIpc) is 2.67. The molecule has 0 N–H and O–H groups in total. The Balaban J connectivity index is 2.43. The molecular formula is C21H29F2O4P. The van der Waals surface area contributed by atoms with Crippen molar-refractivity contribution < 1.29 is 27.2 Å². The van der Waals surface area contributed by atoms with Crippen LogP contribution in [0.2, 0.25) is 0 Å². The lowest BCUT2D eigenvalue weighted by molar-refractivity contribution is 0.0381. The van der Waals surface area contributed by atoms with Crippen LogP contribution in [0.3, 0.4) is 0 Å². The summed E-state index contributed by atoms with van der Waals surface area (Å²) in [5, 5.41) is 0. The summed E-state index contributed by atoms with van der Waals surface area (Å²) in [6, 6.07) is 6.84. The van der Waals surface area contributed by atoms with Crippen molar-refractivity contribution in [3.63, 3.8) is 0 Å². The molecule has 1 aromatic carbocycles. The Hall–Kier alpha value is -1.36. The maximum Gasteiger partial charge on any atom is 0.399 e. The van der Waals surface area contributed by atoms with Crippen LogP contribution in [0.25, 0.3) is 0 Å². The van der Waals surface area contributed by atoms with Crippen molar-refractivity contribution in [2.24, 2.45) is 0 Å². The second-order valence-electron chi connectivity index (χ2n) is 7.01. The molecule has 4 nitrogen and oxygen atoms in total. The maximum absolute atomic E-state index is 15.1. The Kier molecular flexibility index (Phi) is 8.11. The summed E-state index contributed by atoms with van der Waals surface area (Å²) in [4.78, 5) is 13.1. The first-order chi connectivity index (χ1) is 13.2. The number of halogens is 2. The molecule has 0 atom stereocenters. The zero-order valence-corrected chi connectivity index (χ0v) is 17.7. The van der Waals surface area contributed by atoms with Gasteiger partial charge >= 0.3 is 13.3 Å². The van der Waals surface area contributed by atoms with Crippen molar-refractivity contribution in [2.45, 2.75) is 65.0 Å². The van der Waals surface area contributed by atoms with Gasteiger partial charge in [-0.05, 0) is 46.5 Å². The molecule has 1 aliphatic rings. The molecule has 1 aromatic rings. The largest absolute Gasteiger partial charge is 0.399 e. The number of benzene rings is 1. The molecule has 0 radical (unpaired) electrons. The normalized spacial score (nSPS) is 15.5. The fraction of sp³-hybridized carbons (Fsp3) is 0.571. The molecule has 28 heavy (non-hydrogen) atoms. The number of ketones is 1. The number of Topliss-reactive ketones (excluding diaryl/α,β-unsaturated/α-hetero) is 1. The van der Waals surface area contributed by atoms with Crippen LogP contribution in [-0.2, 0) is 13.6 Å². The Morgan fingerprint density at radius 2 is 1.57 bits per heavy atom. The van der Waals surface area contributed by atoms with Crippen LogP contribution in [0.4, 0.5) is 8.78 Å². The smallest absolute Gasteiger partial charge is 0.305 e. The Morgan fingerprint density at radius 1 is 1.04 bits per heavy atom. The molecule has 0 aromatic heterocycles. The minimum atomic E-state index is -4.69. The summed E-state index contributed by atoms with van der Waals surface area (Å²) in [6.45, 7) is 4.54. The van der Waals surface area contributed by atoms with Crippen LogP contribution in [0, 0.1) is 6.92 Å². The van der Waals surface area contributed by atoms with E-state index in [4.69, 9.17) is 9.05 Å². The predicted molar refractivity (Wildman–Crippen MR) is 106 cm³/mol. The minimum absolute atomic E-state index is 0.0492. The van der Waals surface area contributed by atoms with Gasteiger partial charge in [0.1, 0.15) is 0 Å². The molecular weight excluding hydrogens is 385 g/mol. The lowest BCUT2D eigenvalue weighted by atomic mass is 9.86. The van der Waals surface area contributed by atoms with Crippen LogP contribution < -0.4 is 0 Å². The number of hydrogen-bond acceptors (Lipinski definition) is 4. The second-order valence-corrected chi connectivity index (χ2v) is 9.18. The van der Waals surface area contributed by atoms with Crippen molar-refractivity contribution in [1.82, 2.24) is 0 Å². The first-order valence-corrected chi connectivity index (χ1v) is 11.4. The van der Waals surface area contributed by atoms with Crippen LogP contribution in [0.5, 0.6) is 0 Å². The summed E-state index contributed by atoms with van der Waals surface area (Å²) >= 11 is 0. The van der Waals surface area contributed by atoms with E-state index in [1.807, 2.05) is 6.92 Å². The van der Waals surface area contributed by atoms with E-state index in [-0.39, 0.29) is 18.8 Å². The number of allylic oxidation sites excluding steroid dienone is 2. The van der Waals surface area contributed by atoms with E-state index in [2.05, 4.69) is 0 Å². The standard InChI is InChI=1S/C21H29F2O4P/c1-4-26-28(25,27-5-2)21(22,23)15-19(17-9-7-6-8-10-17)20(24)18-13-11-16(3)12-14-18/h11-14H,4-10,15H2,1-3H3. The van der Waals surface area contributed by atoms with E-state index in [0.29, 0.717) is 18.4 Å². The quantitative estimate of drug-likeness (QED) is 0.257. The fourth-order valence-corrected chi connectivity index (χ4v) is 4.88. The van der Waals surface area contributed by atoms with Gasteiger partial charge in [0, 0.05) is 11.1 Å². The van der Waals surface area contributed by atoms with Crippen LogP contribution >= 0.6 is 7.60 Å². The maximum atomic E-state index is 15.1. The van der Waals surface area contributed by atoms with E-state index in [1.54, 1.807) is 24.3 Å². The van der Waals surface area contributed by atoms with Crippen molar-refractivity contribution in [3.05, 3.63) is 46.5 Å². The van der Waals surface area contributed by atoms with Gasteiger partial charge in [-0.25, -0.2) is 0 Å². The molecule has 0 aliphatic heterocycles. The van der Waals surface area contributed by atoms with Gasteiger partial charge < -0.3 is 9.05 Å². The van der Waals surface area contributed by atoms with Gasteiger partial charge in [-0.3, -0.25) is 9.36 Å². The van der Waals surface area contributed by atoms with Crippen molar-refractivity contribution in [1.29, 1.82) is 0 Å². The molecule has 0 spiro atoms. The van der Waals surface area contributed by atoms with Gasteiger partial charge in [0.25, 0.3) is 0 Å². The van der Waals surface area contributed by atoms with Gasteiger partial charge in [0.2, 0.25) is 0 Å². The van der Waals surface area contributed by atoms with Crippen molar-refractivity contribution in [2.75, 3.05) is 13.2 Å². The van der Waals surface area contributed by atoms with Gasteiger partial charge in [-0.1, -0.05) is 41.8 Å². The lowest BCUT2D eigenvalue weighted by Crippen LogP contribution is -2.24. The second kappa shape index (κ2) is 9.91. The zero-order chi connectivity index (χ0) is 20.8. The van der Waals surface area contributed by atoms with Crippen LogP contribution in [0.1, 0.15) is 68.3 Å². The first kappa shape index (κ1) is 22.9. The van der Waals surface area contributed by atoms with E-state index < -0.39 is 25.5 Å². The van der Waals surface area contributed by atoms with Gasteiger partial charge in [0.15, 0.2) is 5.78 Å². The summed E-state index contributed by atoms with van der Waals surface area (Å²) < 4.78 is 52.7. The highest BCUT2D eigenvalue weighted by Crippen LogP contribution is 2.64. The molecule has 2 rings (SSSR count). The lowest BCUT2D eigenvalue weighted by Gasteiger charge is -2.28. The van der Waals surface area contributed by atoms with E-state index in [9.17, 15) is 9.36 Å². The van der Waals surface area contributed by atoms with E-state index in [0.717, 1.165) is 30.4 Å².